The molecule has 0 bridgehead atoms. The summed E-state index contributed by atoms with van der Waals surface area (Å²) >= 11 is 3.70. The summed E-state index contributed by atoms with van der Waals surface area (Å²) in [7, 11) is 1.50. The standard InChI is InChI=1S/C24H21FIN5O3S/c1-12-20-19(21(30(2)23(12)33)28-18-7-6-13(26)8-17(18)25)22(32)29-24(34)31(20)14-4-3-5-15(9-14)35-16-10-27-11-16/h3-9,16,27-28H,10-11H2,1-2H3,(H,29,32,34). The topological polar surface area (TPSA) is 101 Å². The second kappa shape index (κ2) is 9.28. The maximum absolute atomic E-state index is 14.6. The molecule has 0 saturated carbocycles. The largest absolute Gasteiger partial charge is 0.338 e. The van der Waals surface area contributed by atoms with Gasteiger partial charge < -0.3 is 10.6 Å². The minimum absolute atomic E-state index is 0.0865. The maximum Gasteiger partial charge on any atom is 0.333 e. The Hall–Kier alpha value is -2.90. The Morgan fingerprint density at radius 1 is 1.14 bits per heavy atom. The van der Waals surface area contributed by atoms with Gasteiger partial charge in [-0.1, -0.05) is 6.07 Å². The van der Waals surface area contributed by atoms with Gasteiger partial charge in [0.05, 0.1) is 16.9 Å². The quantitative estimate of drug-likeness (QED) is 0.302. The van der Waals surface area contributed by atoms with Crippen LogP contribution in [0, 0.1) is 16.3 Å². The van der Waals surface area contributed by atoms with Crippen LogP contribution in [0.15, 0.2) is 61.7 Å². The van der Waals surface area contributed by atoms with Crippen LogP contribution in [-0.2, 0) is 7.05 Å². The van der Waals surface area contributed by atoms with Crippen molar-refractivity contribution >= 4 is 56.8 Å². The first kappa shape index (κ1) is 23.8. The van der Waals surface area contributed by atoms with Crippen molar-refractivity contribution in [3.05, 3.63) is 88.6 Å². The van der Waals surface area contributed by atoms with E-state index in [2.05, 4.69) is 15.6 Å². The molecule has 180 valence electrons. The van der Waals surface area contributed by atoms with Gasteiger partial charge in [0, 0.05) is 39.4 Å². The Morgan fingerprint density at radius 3 is 2.60 bits per heavy atom. The molecule has 5 rings (SSSR count). The van der Waals surface area contributed by atoms with E-state index < -0.39 is 22.6 Å². The molecule has 1 aliphatic rings. The van der Waals surface area contributed by atoms with Crippen molar-refractivity contribution in [2.24, 2.45) is 7.05 Å². The van der Waals surface area contributed by atoms with Gasteiger partial charge in [0.25, 0.3) is 11.1 Å². The number of hydrogen-bond acceptors (Lipinski definition) is 6. The lowest BCUT2D eigenvalue weighted by Crippen LogP contribution is -2.44. The highest BCUT2D eigenvalue weighted by Crippen LogP contribution is 2.30. The van der Waals surface area contributed by atoms with Crippen LogP contribution in [-0.4, -0.2) is 32.5 Å². The van der Waals surface area contributed by atoms with Crippen molar-refractivity contribution in [3.63, 3.8) is 0 Å². The van der Waals surface area contributed by atoms with Crippen molar-refractivity contribution < 1.29 is 4.39 Å². The van der Waals surface area contributed by atoms with E-state index in [1.54, 1.807) is 30.8 Å². The molecule has 35 heavy (non-hydrogen) atoms. The van der Waals surface area contributed by atoms with Gasteiger partial charge in [-0.25, -0.2) is 9.18 Å². The Kier molecular flexibility index (Phi) is 6.32. The van der Waals surface area contributed by atoms with Crippen molar-refractivity contribution in [2.45, 2.75) is 17.1 Å². The smallest absolute Gasteiger partial charge is 0.333 e. The molecule has 4 aromatic rings. The molecular weight excluding hydrogens is 584 g/mol. The van der Waals surface area contributed by atoms with Gasteiger partial charge in [0.1, 0.15) is 17.0 Å². The van der Waals surface area contributed by atoms with Crippen LogP contribution in [0.5, 0.6) is 0 Å². The van der Waals surface area contributed by atoms with Crippen molar-refractivity contribution in [1.82, 2.24) is 19.4 Å². The third-order valence-corrected chi connectivity index (χ3v) is 7.83. The highest BCUT2D eigenvalue weighted by atomic mass is 127. The van der Waals surface area contributed by atoms with Crippen molar-refractivity contribution in [2.75, 3.05) is 18.4 Å². The number of aromatic amines is 1. The lowest BCUT2D eigenvalue weighted by molar-refractivity contribution is 0.544. The second-order valence-electron chi connectivity index (χ2n) is 8.30. The fraction of sp³-hybridized carbons (Fsp3) is 0.208. The van der Waals surface area contributed by atoms with E-state index in [1.807, 2.05) is 40.8 Å². The van der Waals surface area contributed by atoms with E-state index in [0.717, 1.165) is 18.0 Å². The number of anilines is 2. The molecule has 1 aliphatic heterocycles. The third kappa shape index (κ3) is 4.32. The lowest BCUT2D eigenvalue weighted by Gasteiger charge is -2.26. The zero-order valence-corrected chi connectivity index (χ0v) is 21.8. The molecule has 0 unspecified atom stereocenters. The maximum atomic E-state index is 14.6. The van der Waals surface area contributed by atoms with E-state index in [0.29, 0.717) is 14.5 Å². The number of aromatic nitrogens is 3. The zero-order chi connectivity index (χ0) is 24.9. The number of H-pyrrole nitrogens is 1. The minimum Gasteiger partial charge on any atom is -0.338 e. The van der Waals surface area contributed by atoms with Crippen molar-refractivity contribution in [3.8, 4) is 5.69 Å². The van der Waals surface area contributed by atoms with Crippen LogP contribution in [0.4, 0.5) is 15.9 Å². The second-order valence-corrected chi connectivity index (χ2v) is 10.9. The van der Waals surface area contributed by atoms with Crippen LogP contribution < -0.4 is 27.4 Å². The summed E-state index contributed by atoms with van der Waals surface area (Å²) in [4.78, 5) is 42.7. The number of aryl methyl sites for hydroxylation is 1. The van der Waals surface area contributed by atoms with E-state index in [1.165, 1.54) is 28.3 Å². The number of fused-ring (bicyclic) bond motifs is 1. The van der Waals surface area contributed by atoms with Crippen LogP contribution in [0.25, 0.3) is 16.6 Å². The molecule has 2 aromatic carbocycles. The summed E-state index contributed by atoms with van der Waals surface area (Å²) in [5, 5.41) is 6.67. The molecular formula is C24H21FIN5O3S. The Labute approximate surface area is 216 Å². The normalized spacial score (nSPS) is 13.7. The number of rotatable bonds is 5. The summed E-state index contributed by atoms with van der Waals surface area (Å²) in [5.41, 5.74) is -0.678. The molecule has 0 amide bonds. The van der Waals surface area contributed by atoms with Crippen LogP contribution in [0.3, 0.4) is 0 Å². The Balaban J connectivity index is 1.77. The summed E-state index contributed by atoms with van der Waals surface area (Å²) < 4.78 is 17.9. The summed E-state index contributed by atoms with van der Waals surface area (Å²) in [6.07, 6.45) is 0. The number of thioether (sulfide) groups is 1. The van der Waals surface area contributed by atoms with E-state index >= 15 is 0 Å². The van der Waals surface area contributed by atoms with Crippen LogP contribution in [0.1, 0.15) is 5.56 Å². The van der Waals surface area contributed by atoms with Gasteiger partial charge in [0.2, 0.25) is 0 Å². The van der Waals surface area contributed by atoms with E-state index in [9.17, 15) is 18.8 Å². The molecule has 1 saturated heterocycles. The minimum atomic E-state index is -0.667. The van der Waals surface area contributed by atoms with Gasteiger partial charge in [-0.3, -0.25) is 23.7 Å². The van der Waals surface area contributed by atoms with Gasteiger partial charge >= 0.3 is 5.69 Å². The number of pyridine rings is 1. The molecule has 3 N–H and O–H groups in total. The van der Waals surface area contributed by atoms with Crippen LogP contribution in [0.2, 0.25) is 0 Å². The molecule has 1 fully saturated rings. The molecule has 11 heteroatoms. The highest BCUT2D eigenvalue weighted by Gasteiger charge is 2.22. The first-order chi connectivity index (χ1) is 16.7. The molecule has 0 spiro atoms. The number of nitrogens with zero attached hydrogens (tertiary/aromatic N) is 2. The monoisotopic (exact) mass is 605 g/mol. The average molecular weight is 605 g/mol. The summed E-state index contributed by atoms with van der Waals surface area (Å²) in [6.45, 7) is 3.40. The number of halogens is 2. The van der Waals surface area contributed by atoms with Gasteiger partial charge in [-0.15, -0.1) is 11.8 Å². The molecule has 8 nitrogen and oxygen atoms in total. The predicted octanol–water partition coefficient (Wildman–Crippen LogP) is 3.24. The zero-order valence-electron chi connectivity index (χ0n) is 18.8. The average Bonchev–Trinajstić information content (AvgIpc) is 2.79. The van der Waals surface area contributed by atoms with Gasteiger partial charge in [-0.2, -0.15) is 0 Å². The Bertz CT molecular complexity index is 1660. The summed E-state index contributed by atoms with van der Waals surface area (Å²) in [6, 6.07) is 12.0. The SMILES string of the molecule is Cc1c(=O)n(C)c(Nc2ccc(I)cc2F)c2c(=O)[nH]c(=O)n(-c3cccc(SC4CNC4)c3)c12. The Morgan fingerprint density at radius 2 is 1.91 bits per heavy atom. The van der Waals surface area contributed by atoms with Gasteiger partial charge in [0.15, 0.2) is 0 Å². The predicted molar refractivity (Wildman–Crippen MR) is 145 cm³/mol. The fourth-order valence-electron chi connectivity index (χ4n) is 4.08. The number of hydrogen-bond donors (Lipinski definition) is 3. The van der Waals surface area contributed by atoms with Crippen LogP contribution >= 0.6 is 34.4 Å². The number of benzene rings is 2. The van der Waals surface area contributed by atoms with E-state index in [4.69, 9.17) is 0 Å². The number of nitrogens with one attached hydrogen (secondary N) is 3. The fourth-order valence-corrected chi connectivity index (χ4v) is 5.66. The first-order valence-corrected chi connectivity index (χ1v) is 12.8. The molecule has 0 radical (unpaired) electrons. The molecule has 2 aromatic heterocycles. The lowest BCUT2D eigenvalue weighted by atomic mass is 10.1. The summed E-state index contributed by atoms with van der Waals surface area (Å²) in [5.74, 6) is -0.435. The van der Waals surface area contributed by atoms with Crippen molar-refractivity contribution in [1.29, 1.82) is 0 Å². The molecule has 0 atom stereocenters. The molecule has 0 aliphatic carbocycles. The molecule has 3 heterocycles. The first-order valence-electron chi connectivity index (χ1n) is 10.8. The van der Waals surface area contributed by atoms with Gasteiger partial charge in [-0.05, 0) is 65.9 Å². The highest BCUT2D eigenvalue weighted by molar-refractivity contribution is 14.1. The third-order valence-electron chi connectivity index (χ3n) is 5.97. The van der Waals surface area contributed by atoms with E-state index in [-0.39, 0.29) is 28.0 Å².